The third-order valence-electron chi connectivity index (χ3n) is 5.05. The van der Waals surface area contributed by atoms with Crippen LogP contribution in [0.25, 0.3) is 0 Å². The fraction of sp³-hybridized carbons (Fsp3) is 0.500. The summed E-state index contributed by atoms with van der Waals surface area (Å²) in [4.78, 5) is 21.7. The van der Waals surface area contributed by atoms with E-state index in [9.17, 15) is 4.79 Å². The lowest BCUT2D eigenvalue weighted by Gasteiger charge is -2.29. The van der Waals surface area contributed by atoms with Gasteiger partial charge >= 0.3 is 0 Å². The van der Waals surface area contributed by atoms with Crippen molar-refractivity contribution in [3.8, 4) is 0 Å². The van der Waals surface area contributed by atoms with Gasteiger partial charge in [0.05, 0.1) is 13.0 Å². The summed E-state index contributed by atoms with van der Waals surface area (Å²) in [6, 6.07) is 10.5. The van der Waals surface area contributed by atoms with Gasteiger partial charge in [-0.3, -0.25) is 4.79 Å². The van der Waals surface area contributed by atoms with Crippen LogP contribution in [0, 0.1) is 5.92 Å². The maximum absolute atomic E-state index is 12.9. The largest absolute Gasteiger partial charge is 0.335 e. The van der Waals surface area contributed by atoms with Crippen molar-refractivity contribution >= 4 is 5.91 Å². The first-order valence-corrected chi connectivity index (χ1v) is 9.05. The summed E-state index contributed by atoms with van der Waals surface area (Å²) in [5, 5.41) is 0. The molecule has 3 rings (SSSR count). The number of hydrogen-bond acceptors (Lipinski definition) is 3. The smallest absolute Gasteiger partial charge is 0.227 e. The summed E-state index contributed by atoms with van der Waals surface area (Å²) in [5.41, 5.74) is 1.07. The zero-order chi connectivity index (χ0) is 17.8. The second kappa shape index (κ2) is 7.83. The van der Waals surface area contributed by atoms with E-state index in [1.54, 1.807) is 0 Å². The van der Waals surface area contributed by atoms with Crippen molar-refractivity contribution in [2.45, 2.75) is 39.4 Å². The SMILES string of the molecule is CC(C)N(C)C[C@H]1CN(C(=O)Cc2ccccc2)Cc2nccn2C1. The van der Waals surface area contributed by atoms with Crippen LogP contribution in [0.3, 0.4) is 0 Å². The van der Waals surface area contributed by atoms with E-state index in [4.69, 9.17) is 0 Å². The number of nitrogens with zero attached hydrogens (tertiary/aromatic N) is 4. The highest BCUT2D eigenvalue weighted by atomic mass is 16.2. The van der Waals surface area contributed by atoms with Crippen molar-refractivity contribution in [2.24, 2.45) is 5.92 Å². The molecule has 0 unspecified atom stereocenters. The third-order valence-corrected chi connectivity index (χ3v) is 5.05. The third kappa shape index (κ3) is 4.48. The van der Waals surface area contributed by atoms with E-state index >= 15 is 0 Å². The molecule has 1 aromatic heterocycles. The molecular formula is C20H28N4O. The molecule has 1 aromatic carbocycles. The topological polar surface area (TPSA) is 41.4 Å². The summed E-state index contributed by atoms with van der Waals surface area (Å²) in [5.74, 6) is 1.57. The molecule has 134 valence electrons. The zero-order valence-corrected chi connectivity index (χ0v) is 15.4. The summed E-state index contributed by atoms with van der Waals surface area (Å²) < 4.78 is 2.20. The Kier molecular flexibility index (Phi) is 5.53. The van der Waals surface area contributed by atoms with Crippen molar-refractivity contribution in [3.05, 3.63) is 54.1 Å². The van der Waals surface area contributed by atoms with Gasteiger partial charge in [0.2, 0.25) is 5.91 Å². The standard InChI is InChI=1S/C20H28N4O/c1-16(2)22(3)12-18-13-23-10-9-21-19(23)15-24(14-18)20(25)11-17-7-5-4-6-8-17/h4-10,16,18H,11-15H2,1-3H3/t18-/m1/s1. The predicted molar refractivity (Wildman–Crippen MR) is 99.0 cm³/mol. The minimum Gasteiger partial charge on any atom is -0.335 e. The highest BCUT2D eigenvalue weighted by Crippen LogP contribution is 2.18. The number of benzene rings is 1. The maximum atomic E-state index is 12.9. The van der Waals surface area contributed by atoms with Crippen LogP contribution in [0.5, 0.6) is 0 Å². The lowest BCUT2D eigenvalue weighted by atomic mass is 10.1. The van der Waals surface area contributed by atoms with Gasteiger partial charge in [-0.25, -0.2) is 4.98 Å². The normalized spacial score (nSPS) is 17.6. The fourth-order valence-electron chi connectivity index (χ4n) is 3.35. The Morgan fingerprint density at radius 1 is 1.28 bits per heavy atom. The molecule has 5 nitrogen and oxygen atoms in total. The first kappa shape index (κ1) is 17.7. The van der Waals surface area contributed by atoms with E-state index in [2.05, 4.69) is 35.3 Å². The zero-order valence-electron chi connectivity index (χ0n) is 15.4. The molecule has 1 atom stereocenters. The molecule has 1 amide bonds. The Morgan fingerprint density at radius 2 is 2.04 bits per heavy atom. The van der Waals surface area contributed by atoms with E-state index in [1.165, 1.54) is 0 Å². The highest BCUT2D eigenvalue weighted by Gasteiger charge is 2.26. The van der Waals surface area contributed by atoms with Gasteiger partial charge in [-0.2, -0.15) is 0 Å². The number of carbonyl (C=O) groups excluding carboxylic acids is 1. The highest BCUT2D eigenvalue weighted by molar-refractivity contribution is 5.78. The fourth-order valence-corrected chi connectivity index (χ4v) is 3.35. The molecule has 2 aromatic rings. The number of aromatic nitrogens is 2. The van der Waals surface area contributed by atoms with Gasteiger partial charge in [-0.1, -0.05) is 30.3 Å². The number of rotatable bonds is 5. The lowest BCUT2D eigenvalue weighted by Crippen LogP contribution is -2.40. The van der Waals surface area contributed by atoms with Crippen molar-refractivity contribution < 1.29 is 4.79 Å². The molecule has 0 fully saturated rings. The number of amides is 1. The van der Waals surface area contributed by atoms with Gasteiger partial charge in [-0.05, 0) is 26.5 Å². The first-order chi connectivity index (χ1) is 12.0. The molecule has 25 heavy (non-hydrogen) atoms. The van der Waals surface area contributed by atoms with E-state index in [0.29, 0.717) is 24.9 Å². The van der Waals surface area contributed by atoms with Crippen molar-refractivity contribution in [2.75, 3.05) is 20.1 Å². The predicted octanol–water partition coefficient (Wildman–Crippen LogP) is 2.42. The van der Waals surface area contributed by atoms with Gasteiger partial charge in [0.15, 0.2) is 0 Å². The Morgan fingerprint density at radius 3 is 2.76 bits per heavy atom. The van der Waals surface area contributed by atoms with E-state index in [0.717, 1.165) is 31.0 Å². The molecule has 1 aliphatic rings. The summed E-state index contributed by atoms with van der Waals surface area (Å²) in [6.45, 7) is 7.69. The van der Waals surface area contributed by atoms with E-state index in [-0.39, 0.29) is 5.91 Å². The molecule has 0 radical (unpaired) electrons. The van der Waals surface area contributed by atoms with E-state index in [1.807, 2.05) is 47.6 Å². The quantitative estimate of drug-likeness (QED) is 0.839. The van der Waals surface area contributed by atoms with Gasteiger partial charge in [0, 0.05) is 44.0 Å². The summed E-state index contributed by atoms with van der Waals surface area (Å²) >= 11 is 0. The van der Waals surface area contributed by atoms with Crippen LogP contribution in [0.2, 0.25) is 0 Å². The van der Waals surface area contributed by atoms with Crippen LogP contribution in [0.4, 0.5) is 0 Å². The molecule has 2 heterocycles. The molecule has 0 aliphatic carbocycles. The van der Waals surface area contributed by atoms with Gasteiger partial charge in [0.1, 0.15) is 5.82 Å². The van der Waals surface area contributed by atoms with Gasteiger partial charge < -0.3 is 14.4 Å². The Hall–Kier alpha value is -2.14. The Labute approximate surface area is 150 Å². The van der Waals surface area contributed by atoms with Crippen LogP contribution in [-0.2, 0) is 24.3 Å². The van der Waals surface area contributed by atoms with Gasteiger partial charge in [-0.15, -0.1) is 0 Å². The van der Waals surface area contributed by atoms with Crippen LogP contribution < -0.4 is 0 Å². The molecule has 5 heteroatoms. The molecule has 0 saturated heterocycles. The van der Waals surface area contributed by atoms with Crippen LogP contribution in [0.15, 0.2) is 42.7 Å². The number of fused-ring (bicyclic) bond motifs is 1. The second-order valence-corrected chi connectivity index (χ2v) is 7.33. The number of hydrogen-bond donors (Lipinski definition) is 0. The van der Waals surface area contributed by atoms with Crippen LogP contribution in [-0.4, -0.2) is 51.4 Å². The summed E-state index contributed by atoms with van der Waals surface area (Å²) in [6.07, 6.45) is 4.32. The van der Waals surface area contributed by atoms with Crippen molar-refractivity contribution in [1.82, 2.24) is 19.4 Å². The molecule has 0 bridgehead atoms. The summed E-state index contributed by atoms with van der Waals surface area (Å²) in [7, 11) is 2.15. The Balaban J connectivity index is 1.75. The first-order valence-electron chi connectivity index (χ1n) is 9.05. The molecule has 0 saturated carbocycles. The van der Waals surface area contributed by atoms with Crippen molar-refractivity contribution in [3.63, 3.8) is 0 Å². The average Bonchev–Trinajstić information content (AvgIpc) is 2.94. The Bertz CT molecular complexity index is 695. The molecule has 1 aliphatic heterocycles. The van der Waals surface area contributed by atoms with Crippen molar-refractivity contribution in [1.29, 1.82) is 0 Å². The molecular weight excluding hydrogens is 312 g/mol. The average molecular weight is 340 g/mol. The van der Waals surface area contributed by atoms with E-state index < -0.39 is 0 Å². The lowest BCUT2D eigenvalue weighted by molar-refractivity contribution is -0.131. The monoisotopic (exact) mass is 340 g/mol. The molecule has 0 N–H and O–H groups in total. The maximum Gasteiger partial charge on any atom is 0.227 e. The minimum atomic E-state index is 0.180. The van der Waals surface area contributed by atoms with Crippen LogP contribution >= 0.6 is 0 Å². The van der Waals surface area contributed by atoms with Gasteiger partial charge in [0.25, 0.3) is 0 Å². The minimum absolute atomic E-state index is 0.180. The molecule has 0 spiro atoms. The van der Waals surface area contributed by atoms with Crippen LogP contribution in [0.1, 0.15) is 25.2 Å². The number of imidazole rings is 1. The second-order valence-electron chi connectivity index (χ2n) is 7.33. The number of carbonyl (C=O) groups is 1.